The molecule has 0 aliphatic carbocycles. The Balaban J connectivity index is 1.86. The van der Waals surface area contributed by atoms with Crippen LogP contribution in [0.4, 0.5) is 5.69 Å². The van der Waals surface area contributed by atoms with E-state index in [9.17, 15) is 4.79 Å². The number of nitrogens with two attached hydrogens (primary N) is 1. The number of piperidine rings is 1. The number of amides is 1. The van der Waals surface area contributed by atoms with Crippen molar-refractivity contribution in [2.75, 3.05) is 18.8 Å². The standard InChI is InChI=1S/C18H22N2O/c1-2-13-7-9-20(10-8-13)18(21)16-11-14-5-3-4-6-15(14)12-17(16)19/h3-6,11-13H,2,7-10,19H2,1H3. The highest BCUT2D eigenvalue weighted by atomic mass is 16.2. The van der Waals surface area contributed by atoms with Gasteiger partial charge in [-0.1, -0.05) is 37.6 Å². The molecule has 1 saturated heterocycles. The predicted octanol–water partition coefficient (Wildman–Crippen LogP) is 3.68. The van der Waals surface area contributed by atoms with E-state index in [0.29, 0.717) is 11.3 Å². The molecule has 0 atom stereocenters. The number of carbonyl (C=O) groups excluding carboxylic acids is 1. The Labute approximate surface area is 125 Å². The van der Waals surface area contributed by atoms with Crippen molar-refractivity contribution in [2.45, 2.75) is 26.2 Å². The number of nitrogens with zero attached hydrogens (tertiary/aromatic N) is 1. The number of hydrogen-bond acceptors (Lipinski definition) is 2. The number of hydrogen-bond donors (Lipinski definition) is 1. The number of benzene rings is 2. The summed E-state index contributed by atoms with van der Waals surface area (Å²) in [5.41, 5.74) is 7.32. The summed E-state index contributed by atoms with van der Waals surface area (Å²) < 4.78 is 0. The molecule has 0 unspecified atom stereocenters. The average molecular weight is 282 g/mol. The van der Waals surface area contributed by atoms with Crippen LogP contribution in [-0.4, -0.2) is 23.9 Å². The SMILES string of the molecule is CCC1CCN(C(=O)c2cc3ccccc3cc2N)CC1. The van der Waals surface area contributed by atoms with Crippen LogP contribution in [0.5, 0.6) is 0 Å². The highest BCUT2D eigenvalue weighted by Gasteiger charge is 2.24. The lowest BCUT2D eigenvalue weighted by atomic mass is 9.94. The Bertz CT molecular complexity index is 657. The molecule has 0 bridgehead atoms. The molecule has 0 spiro atoms. The first-order valence-electron chi connectivity index (χ1n) is 7.76. The van der Waals surface area contributed by atoms with Crippen LogP contribution in [0.1, 0.15) is 36.5 Å². The van der Waals surface area contributed by atoms with Crippen molar-refractivity contribution in [1.82, 2.24) is 4.90 Å². The van der Waals surface area contributed by atoms with E-state index in [1.54, 1.807) is 0 Å². The smallest absolute Gasteiger partial charge is 0.255 e. The average Bonchev–Trinajstić information content (AvgIpc) is 2.53. The third kappa shape index (κ3) is 2.73. The minimum Gasteiger partial charge on any atom is -0.398 e. The van der Waals surface area contributed by atoms with Gasteiger partial charge in [0.15, 0.2) is 0 Å². The van der Waals surface area contributed by atoms with Crippen molar-refractivity contribution >= 4 is 22.4 Å². The molecule has 21 heavy (non-hydrogen) atoms. The molecule has 2 aromatic rings. The number of rotatable bonds is 2. The van der Waals surface area contributed by atoms with Crippen LogP contribution >= 0.6 is 0 Å². The second-order valence-electron chi connectivity index (χ2n) is 5.93. The summed E-state index contributed by atoms with van der Waals surface area (Å²) in [4.78, 5) is 14.7. The molecular formula is C18H22N2O. The summed E-state index contributed by atoms with van der Waals surface area (Å²) in [6.07, 6.45) is 3.42. The molecule has 2 aromatic carbocycles. The van der Waals surface area contributed by atoms with Gasteiger partial charge in [-0.15, -0.1) is 0 Å². The van der Waals surface area contributed by atoms with E-state index in [4.69, 9.17) is 5.73 Å². The van der Waals surface area contributed by atoms with E-state index < -0.39 is 0 Å². The van der Waals surface area contributed by atoms with Crippen LogP contribution in [0.3, 0.4) is 0 Å². The summed E-state index contributed by atoms with van der Waals surface area (Å²) in [6, 6.07) is 11.8. The summed E-state index contributed by atoms with van der Waals surface area (Å²) in [6.45, 7) is 3.93. The maximum Gasteiger partial charge on any atom is 0.255 e. The van der Waals surface area contributed by atoms with E-state index in [2.05, 4.69) is 6.92 Å². The number of nitrogen functional groups attached to an aromatic ring is 1. The fourth-order valence-electron chi connectivity index (χ4n) is 3.16. The van der Waals surface area contributed by atoms with Crippen molar-refractivity contribution < 1.29 is 4.79 Å². The number of anilines is 1. The minimum atomic E-state index is 0.0767. The monoisotopic (exact) mass is 282 g/mol. The van der Waals surface area contributed by atoms with Gasteiger partial charge in [0, 0.05) is 18.8 Å². The molecule has 110 valence electrons. The van der Waals surface area contributed by atoms with Gasteiger partial charge in [0.2, 0.25) is 0 Å². The number of likely N-dealkylation sites (tertiary alicyclic amines) is 1. The van der Waals surface area contributed by atoms with E-state index in [0.717, 1.165) is 42.6 Å². The van der Waals surface area contributed by atoms with Crippen LogP contribution in [0.2, 0.25) is 0 Å². The molecule has 3 nitrogen and oxygen atoms in total. The summed E-state index contributed by atoms with van der Waals surface area (Å²) in [5.74, 6) is 0.843. The Hall–Kier alpha value is -2.03. The molecule has 1 fully saturated rings. The van der Waals surface area contributed by atoms with Gasteiger partial charge in [-0.25, -0.2) is 0 Å². The van der Waals surface area contributed by atoms with Crippen molar-refractivity contribution in [1.29, 1.82) is 0 Å². The first-order valence-corrected chi connectivity index (χ1v) is 7.76. The van der Waals surface area contributed by atoms with Gasteiger partial charge in [0.1, 0.15) is 0 Å². The minimum absolute atomic E-state index is 0.0767. The van der Waals surface area contributed by atoms with E-state index >= 15 is 0 Å². The van der Waals surface area contributed by atoms with Gasteiger partial charge in [-0.2, -0.15) is 0 Å². The summed E-state index contributed by atoms with van der Waals surface area (Å²) in [7, 11) is 0. The molecule has 2 N–H and O–H groups in total. The Kier molecular flexibility index (Phi) is 3.82. The van der Waals surface area contributed by atoms with Gasteiger partial charge in [0.25, 0.3) is 5.91 Å². The van der Waals surface area contributed by atoms with Crippen LogP contribution in [-0.2, 0) is 0 Å². The van der Waals surface area contributed by atoms with Crippen LogP contribution in [0.15, 0.2) is 36.4 Å². The molecule has 1 heterocycles. The molecular weight excluding hydrogens is 260 g/mol. The topological polar surface area (TPSA) is 46.3 Å². The van der Waals surface area contributed by atoms with E-state index in [1.165, 1.54) is 6.42 Å². The third-order valence-corrected chi connectivity index (χ3v) is 4.63. The molecule has 1 amide bonds. The van der Waals surface area contributed by atoms with Gasteiger partial charge < -0.3 is 10.6 Å². The van der Waals surface area contributed by atoms with Gasteiger partial charge in [-0.3, -0.25) is 4.79 Å². The lowest BCUT2D eigenvalue weighted by Gasteiger charge is -2.31. The number of fused-ring (bicyclic) bond motifs is 1. The molecule has 0 radical (unpaired) electrons. The Morgan fingerprint density at radius 3 is 2.43 bits per heavy atom. The number of carbonyl (C=O) groups is 1. The predicted molar refractivity (Wildman–Crippen MR) is 87.3 cm³/mol. The second-order valence-corrected chi connectivity index (χ2v) is 5.93. The zero-order chi connectivity index (χ0) is 14.8. The first-order chi connectivity index (χ1) is 10.2. The highest BCUT2D eigenvalue weighted by molar-refractivity contribution is 6.03. The van der Waals surface area contributed by atoms with Crippen molar-refractivity contribution in [3.05, 3.63) is 42.0 Å². The summed E-state index contributed by atoms with van der Waals surface area (Å²) >= 11 is 0. The summed E-state index contributed by atoms with van der Waals surface area (Å²) in [5, 5.41) is 2.15. The molecule has 1 aliphatic heterocycles. The first kappa shape index (κ1) is 13.9. The van der Waals surface area contributed by atoms with Crippen LogP contribution in [0, 0.1) is 5.92 Å². The second kappa shape index (κ2) is 5.76. The van der Waals surface area contributed by atoms with E-state index in [-0.39, 0.29) is 5.91 Å². The molecule has 1 aliphatic rings. The van der Waals surface area contributed by atoms with Crippen molar-refractivity contribution in [3.8, 4) is 0 Å². The van der Waals surface area contributed by atoms with Crippen molar-refractivity contribution in [2.24, 2.45) is 5.92 Å². The zero-order valence-electron chi connectivity index (χ0n) is 12.5. The lowest BCUT2D eigenvalue weighted by Crippen LogP contribution is -2.38. The molecule has 0 aromatic heterocycles. The van der Waals surface area contributed by atoms with Crippen molar-refractivity contribution in [3.63, 3.8) is 0 Å². The molecule has 0 saturated carbocycles. The van der Waals surface area contributed by atoms with Gasteiger partial charge in [0.05, 0.1) is 5.56 Å². The fourth-order valence-corrected chi connectivity index (χ4v) is 3.16. The quantitative estimate of drug-likeness (QED) is 0.854. The van der Waals surface area contributed by atoms with Crippen LogP contribution in [0.25, 0.3) is 10.8 Å². The third-order valence-electron chi connectivity index (χ3n) is 4.63. The molecule has 3 heteroatoms. The zero-order valence-corrected chi connectivity index (χ0v) is 12.5. The largest absolute Gasteiger partial charge is 0.398 e. The van der Waals surface area contributed by atoms with E-state index in [1.807, 2.05) is 41.3 Å². The van der Waals surface area contributed by atoms with Crippen LogP contribution < -0.4 is 5.73 Å². The normalized spacial score (nSPS) is 16.3. The van der Waals surface area contributed by atoms with Gasteiger partial charge in [-0.05, 0) is 41.7 Å². The maximum atomic E-state index is 12.7. The van der Waals surface area contributed by atoms with Gasteiger partial charge >= 0.3 is 0 Å². The molecule has 3 rings (SSSR count). The Morgan fingerprint density at radius 1 is 1.19 bits per heavy atom. The maximum absolute atomic E-state index is 12.7. The highest BCUT2D eigenvalue weighted by Crippen LogP contribution is 2.26. The lowest BCUT2D eigenvalue weighted by molar-refractivity contribution is 0.0690. The Morgan fingerprint density at radius 2 is 1.81 bits per heavy atom. The fraction of sp³-hybridized carbons (Fsp3) is 0.389.